The fourth-order valence-electron chi connectivity index (χ4n) is 2.69. The molecule has 0 aliphatic carbocycles. The van der Waals surface area contributed by atoms with Gasteiger partial charge in [-0.2, -0.15) is 5.10 Å². The lowest BCUT2D eigenvalue weighted by molar-refractivity contribution is 0.101. The van der Waals surface area contributed by atoms with Gasteiger partial charge in [-0.3, -0.25) is 9.89 Å². The fraction of sp³-hybridized carbons (Fsp3) is 0.0556. The Kier molecular flexibility index (Phi) is 4.03. The highest BCUT2D eigenvalue weighted by atomic mass is 19.1. The van der Waals surface area contributed by atoms with E-state index in [0.717, 1.165) is 17.6 Å². The third-order valence-corrected chi connectivity index (χ3v) is 3.99. The predicted molar refractivity (Wildman–Crippen MR) is 94.5 cm³/mol. The average molecular weight is 369 g/mol. The molecule has 2 aromatic carbocycles. The molecule has 2 heterocycles. The van der Waals surface area contributed by atoms with Crippen LogP contribution in [0.2, 0.25) is 0 Å². The molecule has 0 bridgehead atoms. The molecule has 136 valence electrons. The quantitative estimate of drug-likeness (QED) is 0.513. The van der Waals surface area contributed by atoms with Crippen LogP contribution in [0.3, 0.4) is 0 Å². The number of aromatic amines is 2. The third-order valence-electron chi connectivity index (χ3n) is 3.99. The van der Waals surface area contributed by atoms with Crippen LogP contribution in [0.5, 0.6) is 5.75 Å². The van der Waals surface area contributed by atoms with Gasteiger partial charge < -0.3 is 15.0 Å². The minimum absolute atomic E-state index is 0.230. The van der Waals surface area contributed by atoms with Crippen LogP contribution >= 0.6 is 0 Å². The summed E-state index contributed by atoms with van der Waals surface area (Å²) in [6.07, 6.45) is 1.40. The molecule has 4 rings (SSSR count). The molecule has 2 aromatic heterocycles. The lowest BCUT2D eigenvalue weighted by Crippen LogP contribution is -2.16. The van der Waals surface area contributed by atoms with Crippen LogP contribution in [-0.2, 0) is 0 Å². The van der Waals surface area contributed by atoms with Crippen molar-refractivity contribution in [3.8, 4) is 17.3 Å². The van der Waals surface area contributed by atoms with Crippen molar-refractivity contribution in [3.05, 3.63) is 59.8 Å². The molecule has 1 amide bonds. The Bertz CT molecular complexity index is 1130. The molecule has 0 aliphatic rings. The number of carbonyl (C=O) groups excluding carboxylic acids is 1. The second-order valence-electron chi connectivity index (χ2n) is 5.67. The third kappa shape index (κ3) is 2.99. The van der Waals surface area contributed by atoms with E-state index in [1.807, 2.05) is 0 Å². The van der Waals surface area contributed by atoms with Gasteiger partial charge in [-0.25, -0.2) is 13.8 Å². The Morgan fingerprint density at radius 2 is 1.96 bits per heavy atom. The van der Waals surface area contributed by atoms with E-state index in [0.29, 0.717) is 22.8 Å². The number of ether oxygens (including phenoxy) is 1. The van der Waals surface area contributed by atoms with Crippen molar-refractivity contribution >= 4 is 22.6 Å². The second-order valence-corrected chi connectivity index (χ2v) is 5.67. The minimum atomic E-state index is -0.951. The summed E-state index contributed by atoms with van der Waals surface area (Å²) < 4.78 is 32.8. The van der Waals surface area contributed by atoms with E-state index in [4.69, 9.17) is 4.74 Å². The number of hydrogen-bond acceptors (Lipinski definition) is 4. The molecule has 3 N–H and O–H groups in total. The molecule has 0 radical (unpaired) electrons. The van der Waals surface area contributed by atoms with Gasteiger partial charge in [-0.1, -0.05) is 6.07 Å². The van der Waals surface area contributed by atoms with E-state index in [-0.39, 0.29) is 5.69 Å². The number of imidazole rings is 1. The van der Waals surface area contributed by atoms with Crippen molar-refractivity contribution < 1.29 is 18.3 Å². The lowest BCUT2D eigenvalue weighted by Gasteiger charge is -2.06. The van der Waals surface area contributed by atoms with Gasteiger partial charge in [-0.05, 0) is 24.3 Å². The zero-order valence-electron chi connectivity index (χ0n) is 14.0. The number of H-pyrrole nitrogens is 2. The zero-order valence-corrected chi connectivity index (χ0v) is 14.0. The molecule has 0 fully saturated rings. The number of rotatable bonds is 4. The van der Waals surface area contributed by atoms with Crippen LogP contribution in [0.4, 0.5) is 14.5 Å². The monoisotopic (exact) mass is 369 g/mol. The summed E-state index contributed by atoms with van der Waals surface area (Å²) in [5.41, 5.74) is 1.25. The number of benzene rings is 2. The predicted octanol–water partition coefficient (Wildman–Crippen LogP) is 3.49. The zero-order chi connectivity index (χ0) is 19.0. The number of aromatic nitrogens is 4. The van der Waals surface area contributed by atoms with Gasteiger partial charge in [0.2, 0.25) is 0 Å². The van der Waals surface area contributed by atoms with Crippen LogP contribution in [0, 0.1) is 11.6 Å². The van der Waals surface area contributed by atoms with Gasteiger partial charge >= 0.3 is 0 Å². The first-order chi connectivity index (χ1) is 13.1. The van der Waals surface area contributed by atoms with Crippen molar-refractivity contribution in [2.75, 3.05) is 12.4 Å². The fourth-order valence-corrected chi connectivity index (χ4v) is 2.69. The summed E-state index contributed by atoms with van der Waals surface area (Å²) in [7, 11) is 1.55. The van der Waals surface area contributed by atoms with Crippen LogP contribution in [0.15, 0.2) is 42.6 Å². The summed E-state index contributed by atoms with van der Waals surface area (Å²) in [5.74, 6) is -1.80. The van der Waals surface area contributed by atoms with Crippen molar-refractivity contribution in [2.24, 2.45) is 0 Å². The smallest absolute Gasteiger partial charge is 0.261 e. The molecule has 0 atom stereocenters. The Balaban J connectivity index is 1.68. The van der Waals surface area contributed by atoms with Gasteiger partial charge in [0.1, 0.15) is 22.9 Å². The molecule has 0 aliphatic heterocycles. The van der Waals surface area contributed by atoms with Gasteiger partial charge in [0.25, 0.3) is 5.91 Å². The molecule has 0 unspecified atom stereocenters. The van der Waals surface area contributed by atoms with E-state index in [1.165, 1.54) is 12.3 Å². The number of nitrogens with zero attached hydrogens (tertiary/aromatic N) is 2. The summed E-state index contributed by atoms with van der Waals surface area (Å²) in [6.45, 7) is 0. The highest BCUT2D eigenvalue weighted by molar-refractivity contribution is 6.06. The highest BCUT2D eigenvalue weighted by Gasteiger charge is 2.20. The number of nitrogens with one attached hydrogen (secondary N) is 3. The van der Waals surface area contributed by atoms with Crippen LogP contribution in [-0.4, -0.2) is 33.2 Å². The largest absolute Gasteiger partial charge is 0.497 e. The van der Waals surface area contributed by atoms with E-state index in [1.54, 1.807) is 25.3 Å². The van der Waals surface area contributed by atoms with Crippen LogP contribution in [0.25, 0.3) is 22.6 Å². The summed E-state index contributed by atoms with van der Waals surface area (Å²) in [4.78, 5) is 19.8. The van der Waals surface area contributed by atoms with Crippen molar-refractivity contribution in [2.45, 2.75) is 0 Å². The van der Waals surface area contributed by atoms with E-state index in [2.05, 4.69) is 25.5 Å². The Morgan fingerprint density at radius 1 is 1.19 bits per heavy atom. The summed E-state index contributed by atoms with van der Waals surface area (Å²) >= 11 is 0. The molecule has 4 aromatic rings. The van der Waals surface area contributed by atoms with Gasteiger partial charge in [-0.15, -0.1) is 0 Å². The van der Waals surface area contributed by atoms with Gasteiger partial charge in [0.05, 0.1) is 23.8 Å². The number of amides is 1. The maximum absolute atomic E-state index is 13.8. The Morgan fingerprint density at radius 3 is 2.70 bits per heavy atom. The normalized spacial score (nSPS) is 10.9. The van der Waals surface area contributed by atoms with Gasteiger partial charge in [0.15, 0.2) is 11.5 Å². The molecular formula is C18H13F2N5O2. The van der Waals surface area contributed by atoms with Crippen LogP contribution < -0.4 is 10.1 Å². The Hall–Kier alpha value is -3.75. The molecule has 7 nitrogen and oxygen atoms in total. The average Bonchev–Trinajstić information content (AvgIpc) is 3.26. The highest BCUT2D eigenvalue weighted by Crippen LogP contribution is 2.27. The standard InChI is InChI=1S/C18H13F2N5O2/c1-27-9-5-6-12-13(7-9)23-17(22-12)16-14(8-21-25-16)24-18(26)15-10(19)3-2-4-11(15)20/h2-8H,1H3,(H,21,25)(H,22,23)(H,24,26). The first-order valence-corrected chi connectivity index (χ1v) is 7.90. The maximum Gasteiger partial charge on any atom is 0.261 e. The van der Waals surface area contributed by atoms with Gasteiger partial charge in [0, 0.05) is 12.3 Å². The molecular weight excluding hydrogens is 356 g/mol. The second kappa shape index (κ2) is 6.52. The number of anilines is 1. The molecule has 0 spiro atoms. The number of fused-ring (bicyclic) bond motifs is 1. The number of carbonyl (C=O) groups is 1. The van der Waals surface area contributed by atoms with E-state index in [9.17, 15) is 13.6 Å². The summed E-state index contributed by atoms with van der Waals surface area (Å²) in [6, 6.07) is 8.53. The molecule has 0 saturated carbocycles. The topological polar surface area (TPSA) is 95.7 Å². The van der Waals surface area contributed by atoms with Crippen molar-refractivity contribution in [1.82, 2.24) is 20.2 Å². The van der Waals surface area contributed by atoms with Crippen molar-refractivity contribution in [3.63, 3.8) is 0 Å². The van der Waals surface area contributed by atoms with E-state index < -0.39 is 23.1 Å². The van der Waals surface area contributed by atoms with Crippen LogP contribution in [0.1, 0.15) is 10.4 Å². The summed E-state index contributed by atoms with van der Waals surface area (Å²) in [5, 5.41) is 9.13. The number of hydrogen-bond donors (Lipinski definition) is 3. The first kappa shape index (κ1) is 16.7. The number of halogens is 2. The SMILES string of the molecule is COc1ccc2[nH]c(-c3n[nH]cc3NC(=O)c3c(F)cccc3F)nc2c1. The number of methoxy groups -OCH3 is 1. The van der Waals surface area contributed by atoms with E-state index >= 15 is 0 Å². The van der Waals surface area contributed by atoms with Crippen molar-refractivity contribution in [1.29, 1.82) is 0 Å². The maximum atomic E-state index is 13.8. The first-order valence-electron chi connectivity index (χ1n) is 7.90. The Labute approximate surface area is 151 Å². The molecule has 27 heavy (non-hydrogen) atoms. The molecule has 9 heteroatoms. The molecule has 0 saturated heterocycles. The lowest BCUT2D eigenvalue weighted by atomic mass is 10.2. The minimum Gasteiger partial charge on any atom is -0.497 e.